The first kappa shape index (κ1) is 9.20. The van der Waals surface area contributed by atoms with E-state index in [1.165, 1.54) is 7.11 Å². The Kier molecular flexibility index (Phi) is 2.70. The molecule has 0 saturated carbocycles. The monoisotopic (exact) mass is 180 g/mol. The van der Waals surface area contributed by atoms with Gasteiger partial charge in [-0.15, -0.1) is 0 Å². The SMILES string of the molecule is COP1(=O)O[C@H](C)C[C@H](C)O1. The van der Waals surface area contributed by atoms with Gasteiger partial charge in [-0.05, 0) is 13.8 Å². The van der Waals surface area contributed by atoms with Crippen molar-refractivity contribution in [2.75, 3.05) is 7.11 Å². The molecule has 5 heteroatoms. The minimum Gasteiger partial charge on any atom is -0.290 e. The molecular weight excluding hydrogens is 167 g/mol. The molecule has 1 unspecified atom stereocenters. The molecule has 0 aliphatic carbocycles. The third kappa shape index (κ3) is 2.27. The Hall–Kier alpha value is 0.110. The first-order valence-corrected chi connectivity index (χ1v) is 5.04. The van der Waals surface area contributed by atoms with Crippen molar-refractivity contribution in [3.63, 3.8) is 0 Å². The molecule has 1 heterocycles. The Labute approximate surface area is 66.4 Å². The highest BCUT2D eigenvalue weighted by Crippen LogP contribution is 2.54. The molecule has 0 aromatic rings. The molecule has 11 heavy (non-hydrogen) atoms. The van der Waals surface area contributed by atoms with Crippen LogP contribution in [0.1, 0.15) is 20.3 Å². The molecule has 1 fully saturated rings. The molecule has 0 spiro atoms. The van der Waals surface area contributed by atoms with Gasteiger partial charge < -0.3 is 0 Å². The highest BCUT2D eigenvalue weighted by molar-refractivity contribution is 7.48. The standard InChI is InChI=1S/C6H13O4P/c1-5-4-6(2)10-11(7,8-3)9-5/h5-6H,4H2,1-3H3/t5-,6+,11?. The number of hydrogen-bond acceptors (Lipinski definition) is 4. The van der Waals surface area contributed by atoms with Gasteiger partial charge in [-0.1, -0.05) is 0 Å². The van der Waals surface area contributed by atoms with Gasteiger partial charge in [-0.2, -0.15) is 0 Å². The Balaban J connectivity index is 2.63. The highest BCUT2D eigenvalue weighted by atomic mass is 31.2. The maximum Gasteiger partial charge on any atom is 0.475 e. The van der Waals surface area contributed by atoms with E-state index in [2.05, 4.69) is 4.52 Å². The Morgan fingerprint density at radius 1 is 1.36 bits per heavy atom. The minimum absolute atomic E-state index is 0.0514. The van der Waals surface area contributed by atoms with E-state index in [-0.39, 0.29) is 12.2 Å². The zero-order chi connectivity index (χ0) is 8.48. The van der Waals surface area contributed by atoms with Crippen LogP contribution in [0.4, 0.5) is 0 Å². The summed E-state index contributed by atoms with van der Waals surface area (Å²) in [6.07, 6.45) is 0.655. The van der Waals surface area contributed by atoms with E-state index in [0.717, 1.165) is 6.42 Å². The van der Waals surface area contributed by atoms with Crippen LogP contribution in [0.15, 0.2) is 0 Å². The fourth-order valence-corrected chi connectivity index (χ4v) is 2.38. The van der Waals surface area contributed by atoms with Crippen molar-refractivity contribution in [3.05, 3.63) is 0 Å². The smallest absolute Gasteiger partial charge is 0.290 e. The number of phosphoric acid groups is 1. The second kappa shape index (κ2) is 3.23. The Bertz CT molecular complexity index is 167. The van der Waals surface area contributed by atoms with Gasteiger partial charge in [0.1, 0.15) is 0 Å². The number of hydrogen-bond donors (Lipinski definition) is 0. The second-order valence-corrected chi connectivity index (χ2v) is 4.38. The van der Waals surface area contributed by atoms with Crippen molar-refractivity contribution < 1.29 is 18.1 Å². The van der Waals surface area contributed by atoms with E-state index in [4.69, 9.17) is 9.05 Å². The average Bonchev–Trinajstić information content (AvgIpc) is 1.84. The highest BCUT2D eigenvalue weighted by Gasteiger charge is 2.35. The summed E-state index contributed by atoms with van der Waals surface area (Å²) in [6, 6.07) is 0. The van der Waals surface area contributed by atoms with Crippen LogP contribution in [0.2, 0.25) is 0 Å². The lowest BCUT2D eigenvalue weighted by Crippen LogP contribution is -2.24. The predicted octanol–water partition coefficient (Wildman–Crippen LogP) is 1.95. The van der Waals surface area contributed by atoms with Crippen LogP contribution in [0.25, 0.3) is 0 Å². The fraction of sp³-hybridized carbons (Fsp3) is 1.00. The lowest BCUT2D eigenvalue weighted by molar-refractivity contribution is 0.0101. The zero-order valence-corrected chi connectivity index (χ0v) is 7.84. The third-order valence-corrected chi connectivity index (χ3v) is 3.19. The zero-order valence-electron chi connectivity index (χ0n) is 6.94. The van der Waals surface area contributed by atoms with E-state index in [1.54, 1.807) is 0 Å². The van der Waals surface area contributed by atoms with Crippen molar-refractivity contribution in [2.45, 2.75) is 32.5 Å². The summed E-state index contributed by atoms with van der Waals surface area (Å²) in [7, 11) is -1.88. The summed E-state index contributed by atoms with van der Waals surface area (Å²) in [5.74, 6) is 0. The normalized spacial score (nSPS) is 45.7. The van der Waals surface area contributed by atoms with Crippen LogP contribution < -0.4 is 0 Å². The van der Waals surface area contributed by atoms with E-state index >= 15 is 0 Å². The maximum absolute atomic E-state index is 11.4. The van der Waals surface area contributed by atoms with E-state index in [9.17, 15) is 4.57 Å². The van der Waals surface area contributed by atoms with Gasteiger partial charge in [0.2, 0.25) is 0 Å². The van der Waals surface area contributed by atoms with Crippen LogP contribution in [0, 0.1) is 0 Å². The molecule has 4 nitrogen and oxygen atoms in total. The van der Waals surface area contributed by atoms with Gasteiger partial charge in [0, 0.05) is 13.5 Å². The second-order valence-electron chi connectivity index (χ2n) is 2.70. The minimum atomic E-state index is -3.21. The molecule has 1 rings (SSSR count). The van der Waals surface area contributed by atoms with E-state index in [0.29, 0.717) is 0 Å². The van der Waals surface area contributed by atoms with Gasteiger partial charge in [-0.3, -0.25) is 13.6 Å². The van der Waals surface area contributed by atoms with Gasteiger partial charge >= 0.3 is 7.82 Å². The molecule has 0 N–H and O–H groups in total. The van der Waals surface area contributed by atoms with Gasteiger partial charge in [0.25, 0.3) is 0 Å². The molecule has 1 aliphatic heterocycles. The number of phosphoric ester groups is 1. The Morgan fingerprint density at radius 2 is 1.82 bits per heavy atom. The van der Waals surface area contributed by atoms with Crippen molar-refractivity contribution >= 4 is 7.82 Å². The van der Waals surface area contributed by atoms with Crippen molar-refractivity contribution in [3.8, 4) is 0 Å². The van der Waals surface area contributed by atoms with E-state index < -0.39 is 7.82 Å². The summed E-state index contributed by atoms with van der Waals surface area (Å²) >= 11 is 0. The third-order valence-electron chi connectivity index (χ3n) is 1.51. The van der Waals surface area contributed by atoms with Crippen molar-refractivity contribution in [2.24, 2.45) is 0 Å². The summed E-state index contributed by atoms with van der Waals surface area (Å²) < 4.78 is 26.0. The summed E-state index contributed by atoms with van der Waals surface area (Å²) in [4.78, 5) is 0. The Morgan fingerprint density at radius 3 is 2.18 bits per heavy atom. The first-order chi connectivity index (χ1) is 5.06. The molecule has 66 valence electrons. The topological polar surface area (TPSA) is 44.8 Å². The van der Waals surface area contributed by atoms with Crippen molar-refractivity contribution in [1.82, 2.24) is 0 Å². The maximum atomic E-state index is 11.4. The van der Waals surface area contributed by atoms with E-state index in [1.807, 2.05) is 13.8 Å². The molecule has 1 aliphatic rings. The predicted molar refractivity (Wildman–Crippen MR) is 40.3 cm³/mol. The summed E-state index contributed by atoms with van der Waals surface area (Å²) in [5.41, 5.74) is 0. The van der Waals surface area contributed by atoms with Crippen molar-refractivity contribution in [1.29, 1.82) is 0 Å². The van der Waals surface area contributed by atoms with Crippen LogP contribution in [-0.4, -0.2) is 19.3 Å². The van der Waals surface area contributed by atoms with Crippen LogP contribution in [0.5, 0.6) is 0 Å². The van der Waals surface area contributed by atoms with Gasteiger partial charge in [0.05, 0.1) is 12.2 Å². The van der Waals surface area contributed by atoms with Crippen LogP contribution >= 0.6 is 7.82 Å². The van der Waals surface area contributed by atoms with Crippen LogP contribution in [0.3, 0.4) is 0 Å². The molecule has 0 bridgehead atoms. The van der Waals surface area contributed by atoms with Crippen LogP contribution in [-0.2, 0) is 18.1 Å². The molecule has 0 aromatic heterocycles. The lowest BCUT2D eigenvalue weighted by Gasteiger charge is -2.29. The molecular formula is C6H13O4P. The fourth-order valence-electron chi connectivity index (χ4n) is 1.11. The quantitative estimate of drug-likeness (QED) is 0.578. The summed E-state index contributed by atoms with van der Waals surface area (Å²) in [5, 5.41) is 0. The molecule has 0 radical (unpaired) electrons. The van der Waals surface area contributed by atoms with Gasteiger partial charge in [-0.25, -0.2) is 4.57 Å². The molecule has 3 atom stereocenters. The average molecular weight is 180 g/mol. The first-order valence-electron chi connectivity index (χ1n) is 3.58. The summed E-state index contributed by atoms with van der Waals surface area (Å²) in [6.45, 7) is 3.70. The lowest BCUT2D eigenvalue weighted by atomic mass is 10.2. The number of rotatable bonds is 1. The molecule has 0 amide bonds. The van der Waals surface area contributed by atoms with Gasteiger partial charge in [0.15, 0.2) is 0 Å². The molecule has 0 aromatic carbocycles. The molecule has 1 saturated heterocycles. The largest absolute Gasteiger partial charge is 0.475 e.